The van der Waals surface area contributed by atoms with E-state index in [9.17, 15) is 4.79 Å². The number of hydrogen-bond donors (Lipinski definition) is 0. The number of thiazole rings is 1. The van der Waals surface area contributed by atoms with Gasteiger partial charge >= 0.3 is 0 Å². The van der Waals surface area contributed by atoms with E-state index in [1.807, 2.05) is 47.9 Å². The summed E-state index contributed by atoms with van der Waals surface area (Å²) in [4.78, 5) is 19.5. The molecular weight excluding hydrogens is 460 g/mol. The number of allylic oxidation sites excluding steroid dienone is 1. The fraction of sp³-hybridized carbons (Fsp3) is 0.214. The molecule has 1 aliphatic carbocycles. The third-order valence-electron chi connectivity index (χ3n) is 6.63. The molecule has 2 aliphatic rings. The lowest BCUT2D eigenvalue weighted by Crippen LogP contribution is -2.38. The number of hydrogen-bond acceptors (Lipinski definition) is 6. The van der Waals surface area contributed by atoms with E-state index in [-0.39, 0.29) is 11.6 Å². The van der Waals surface area contributed by atoms with Crippen molar-refractivity contribution in [2.75, 3.05) is 14.2 Å². The van der Waals surface area contributed by atoms with Crippen molar-refractivity contribution in [3.05, 3.63) is 108 Å². The zero-order valence-corrected chi connectivity index (χ0v) is 20.5. The highest BCUT2D eigenvalue weighted by atomic mass is 32.1. The number of ether oxygens (including phenoxy) is 2. The van der Waals surface area contributed by atoms with Gasteiger partial charge in [-0.25, -0.2) is 4.99 Å². The molecule has 0 saturated carbocycles. The lowest BCUT2D eigenvalue weighted by atomic mass is 9.83. The average Bonchev–Trinajstić information content (AvgIpc) is 3.44. The van der Waals surface area contributed by atoms with Crippen LogP contribution in [0, 0.1) is 6.92 Å². The predicted molar refractivity (Wildman–Crippen MR) is 136 cm³/mol. The van der Waals surface area contributed by atoms with E-state index in [2.05, 4.69) is 18.2 Å². The predicted octanol–water partition coefficient (Wildman–Crippen LogP) is 4.24. The number of methoxy groups -OCH3 is 2. The third kappa shape index (κ3) is 3.54. The molecular formula is C28H24N2O4S. The molecule has 0 unspecified atom stereocenters. The van der Waals surface area contributed by atoms with Gasteiger partial charge in [-0.3, -0.25) is 9.36 Å². The first-order valence-corrected chi connectivity index (χ1v) is 12.3. The highest BCUT2D eigenvalue weighted by molar-refractivity contribution is 7.07. The second-order valence-electron chi connectivity index (χ2n) is 8.68. The number of fused-ring (bicyclic) bond motifs is 3. The summed E-state index contributed by atoms with van der Waals surface area (Å²) >= 11 is 1.39. The minimum atomic E-state index is -0.283. The largest absolute Gasteiger partial charge is 0.493 e. The average molecular weight is 485 g/mol. The van der Waals surface area contributed by atoms with Crippen LogP contribution in [0.1, 0.15) is 40.7 Å². The van der Waals surface area contributed by atoms with Gasteiger partial charge in [0.1, 0.15) is 11.5 Å². The topological polar surface area (TPSA) is 66.0 Å². The van der Waals surface area contributed by atoms with Gasteiger partial charge in [-0.15, -0.1) is 0 Å². The molecule has 3 heterocycles. The molecule has 0 spiro atoms. The Morgan fingerprint density at radius 1 is 1.06 bits per heavy atom. The first kappa shape index (κ1) is 21.7. The van der Waals surface area contributed by atoms with Crippen LogP contribution in [-0.2, 0) is 6.42 Å². The van der Waals surface area contributed by atoms with Crippen LogP contribution >= 0.6 is 11.3 Å². The normalized spacial score (nSPS) is 16.9. The van der Waals surface area contributed by atoms with Crippen molar-refractivity contribution in [3.63, 3.8) is 0 Å². The lowest BCUT2D eigenvalue weighted by Gasteiger charge is -2.31. The van der Waals surface area contributed by atoms with Gasteiger partial charge in [-0.2, -0.15) is 0 Å². The zero-order chi connectivity index (χ0) is 24.1. The van der Waals surface area contributed by atoms with Crippen LogP contribution in [0.2, 0.25) is 0 Å². The van der Waals surface area contributed by atoms with Gasteiger partial charge < -0.3 is 13.9 Å². The molecule has 6 rings (SSSR count). The second-order valence-corrected chi connectivity index (χ2v) is 9.69. The highest BCUT2D eigenvalue weighted by Crippen LogP contribution is 2.42. The van der Waals surface area contributed by atoms with Gasteiger partial charge in [0.25, 0.3) is 5.56 Å². The third-order valence-corrected chi connectivity index (χ3v) is 7.61. The summed E-state index contributed by atoms with van der Waals surface area (Å²) in [5.74, 6) is 2.75. The standard InChI is InChI=1S/C28H24N2O4S/c1-16-8-11-19(34-16)15-24-27(31)30-26(18-10-13-22(32-2)23(14-18)33-3)21-12-9-17-6-4-5-7-20(17)25(21)29-28(30)35-24/h4-8,10-11,13-15,26H,9,12H2,1-3H3/b24-15-/t26-/m1/s1. The molecule has 2 aromatic heterocycles. The molecule has 1 atom stereocenters. The van der Waals surface area contributed by atoms with Gasteiger partial charge in [0.05, 0.1) is 30.5 Å². The Labute approximate surface area is 206 Å². The van der Waals surface area contributed by atoms with Crippen LogP contribution in [-0.4, -0.2) is 18.8 Å². The van der Waals surface area contributed by atoms with Gasteiger partial charge in [0, 0.05) is 11.6 Å². The van der Waals surface area contributed by atoms with Crippen molar-refractivity contribution >= 4 is 23.1 Å². The van der Waals surface area contributed by atoms with Crippen LogP contribution in [0.3, 0.4) is 0 Å². The van der Waals surface area contributed by atoms with Crippen molar-refractivity contribution in [1.82, 2.24) is 4.57 Å². The molecule has 6 nitrogen and oxygen atoms in total. The Hall–Kier alpha value is -3.84. The van der Waals surface area contributed by atoms with E-state index in [1.165, 1.54) is 16.9 Å². The molecule has 7 heteroatoms. The molecule has 35 heavy (non-hydrogen) atoms. The summed E-state index contributed by atoms with van der Waals surface area (Å²) in [5, 5.41) is 0. The van der Waals surface area contributed by atoms with Crippen LogP contribution < -0.4 is 24.4 Å². The van der Waals surface area contributed by atoms with Gasteiger partial charge in [0.15, 0.2) is 16.3 Å². The SMILES string of the molecule is COc1ccc([C@@H]2C3=C(N=c4s/c(=C\c5ccc(C)o5)c(=O)n42)c2ccccc2CC3)cc1OC. The molecule has 0 N–H and O–H groups in total. The van der Waals surface area contributed by atoms with E-state index in [4.69, 9.17) is 18.9 Å². The fourth-order valence-corrected chi connectivity index (χ4v) is 5.99. The van der Waals surface area contributed by atoms with Crippen molar-refractivity contribution < 1.29 is 13.9 Å². The summed E-state index contributed by atoms with van der Waals surface area (Å²) in [6, 6.07) is 17.8. The summed E-state index contributed by atoms with van der Waals surface area (Å²) in [7, 11) is 3.25. The van der Waals surface area contributed by atoms with Crippen molar-refractivity contribution in [2.45, 2.75) is 25.8 Å². The number of rotatable bonds is 4. The number of benzene rings is 2. The molecule has 176 valence electrons. The molecule has 0 fully saturated rings. The first-order valence-electron chi connectivity index (χ1n) is 11.5. The fourth-order valence-electron chi connectivity index (χ4n) is 5.01. The minimum absolute atomic E-state index is 0.0759. The molecule has 0 radical (unpaired) electrons. The van der Waals surface area contributed by atoms with E-state index in [0.29, 0.717) is 26.6 Å². The first-order chi connectivity index (χ1) is 17.1. The van der Waals surface area contributed by atoms with Gasteiger partial charge in [-0.05, 0) is 60.7 Å². The quantitative estimate of drug-likeness (QED) is 0.435. The molecule has 2 aromatic carbocycles. The van der Waals surface area contributed by atoms with Crippen molar-refractivity contribution in [3.8, 4) is 11.5 Å². The summed E-state index contributed by atoms with van der Waals surface area (Å²) in [6.07, 6.45) is 3.54. The van der Waals surface area contributed by atoms with E-state index in [1.54, 1.807) is 20.3 Å². The highest BCUT2D eigenvalue weighted by Gasteiger charge is 2.33. The van der Waals surface area contributed by atoms with Gasteiger partial charge in [0.2, 0.25) is 0 Å². The van der Waals surface area contributed by atoms with E-state index >= 15 is 0 Å². The van der Waals surface area contributed by atoms with E-state index < -0.39 is 0 Å². The summed E-state index contributed by atoms with van der Waals surface area (Å²) < 4.78 is 19.2. The molecule has 4 aromatic rings. The van der Waals surface area contributed by atoms with Crippen LogP contribution in [0.15, 0.2) is 74.4 Å². The zero-order valence-electron chi connectivity index (χ0n) is 19.7. The van der Waals surface area contributed by atoms with Crippen LogP contribution in [0.25, 0.3) is 11.8 Å². The summed E-state index contributed by atoms with van der Waals surface area (Å²) in [5.41, 5.74) is 5.42. The minimum Gasteiger partial charge on any atom is -0.493 e. The molecule has 0 amide bonds. The number of furan rings is 1. The molecule has 0 saturated heterocycles. The lowest BCUT2D eigenvalue weighted by molar-refractivity contribution is 0.354. The monoisotopic (exact) mass is 484 g/mol. The number of nitrogens with zero attached hydrogens (tertiary/aromatic N) is 2. The Balaban J connectivity index is 1.63. The Morgan fingerprint density at radius 3 is 2.66 bits per heavy atom. The van der Waals surface area contributed by atoms with E-state index in [0.717, 1.165) is 41.0 Å². The van der Waals surface area contributed by atoms with Gasteiger partial charge in [-0.1, -0.05) is 41.7 Å². The molecule has 0 bridgehead atoms. The maximum absolute atomic E-state index is 13.8. The Bertz CT molecular complexity index is 1670. The maximum atomic E-state index is 13.8. The summed E-state index contributed by atoms with van der Waals surface area (Å²) in [6.45, 7) is 1.89. The smallest absolute Gasteiger partial charge is 0.271 e. The second kappa shape index (κ2) is 8.43. The Kier molecular flexibility index (Phi) is 5.22. The van der Waals surface area contributed by atoms with Crippen LogP contribution in [0.4, 0.5) is 0 Å². The number of aryl methyl sites for hydroxylation is 2. The number of aromatic nitrogens is 1. The molecule has 1 aliphatic heterocycles. The van der Waals surface area contributed by atoms with Crippen LogP contribution in [0.5, 0.6) is 11.5 Å². The Morgan fingerprint density at radius 2 is 1.89 bits per heavy atom. The van der Waals surface area contributed by atoms with Crippen molar-refractivity contribution in [2.24, 2.45) is 4.99 Å². The maximum Gasteiger partial charge on any atom is 0.271 e. The van der Waals surface area contributed by atoms with Crippen molar-refractivity contribution in [1.29, 1.82) is 0 Å².